The van der Waals surface area contributed by atoms with E-state index in [-0.39, 0.29) is 5.91 Å². The van der Waals surface area contributed by atoms with Gasteiger partial charge >= 0.3 is 0 Å². The number of amides is 1. The molecule has 3 rings (SSSR count). The molecule has 0 radical (unpaired) electrons. The number of benzene rings is 3. The lowest BCUT2D eigenvalue weighted by Crippen LogP contribution is -2.06. The molecule has 0 saturated heterocycles. The predicted octanol–water partition coefficient (Wildman–Crippen LogP) is 6.20. The van der Waals surface area contributed by atoms with Crippen LogP contribution in [0.25, 0.3) is 0 Å². The first-order valence-corrected chi connectivity index (χ1v) is 10.6. The first-order chi connectivity index (χ1) is 14.9. The maximum absolute atomic E-state index is 11.1. The Kier molecular flexibility index (Phi) is 7.79. The van der Waals surface area contributed by atoms with Crippen molar-refractivity contribution < 1.29 is 14.3 Å². The molecule has 0 atom stereocenters. The van der Waals surface area contributed by atoms with Gasteiger partial charge in [0.2, 0.25) is 5.91 Å². The second-order valence-corrected chi connectivity index (χ2v) is 7.62. The second-order valence-electron chi connectivity index (χ2n) is 7.21. The molecule has 0 fully saturated rings. The van der Waals surface area contributed by atoms with E-state index >= 15 is 0 Å². The SMILES string of the molecule is CCOc1cc(CNc2ccc(NC(C)=O)cc2)c(Cl)cc1OCc1ccc(C)cc1. The molecule has 1 amide bonds. The van der Waals surface area contributed by atoms with Crippen LogP contribution in [0.3, 0.4) is 0 Å². The van der Waals surface area contributed by atoms with Crippen LogP contribution < -0.4 is 20.1 Å². The summed E-state index contributed by atoms with van der Waals surface area (Å²) in [5, 5.41) is 6.69. The van der Waals surface area contributed by atoms with E-state index in [1.165, 1.54) is 12.5 Å². The van der Waals surface area contributed by atoms with Gasteiger partial charge in [0.25, 0.3) is 0 Å². The summed E-state index contributed by atoms with van der Waals surface area (Å²) in [6, 6.07) is 19.4. The number of hydrogen-bond donors (Lipinski definition) is 2. The Morgan fingerprint density at radius 2 is 1.58 bits per heavy atom. The van der Waals surface area contributed by atoms with Crippen molar-refractivity contribution in [1.82, 2.24) is 0 Å². The lowest BCUT2D eigenvalue weighted by Gasteiger charge is -2.16. The van der Waals surface area contributed by atoms with Gasteiger partial charge in [0, 0.05) is 35.9 Å². The van der Waals surface area contributed by atoms with Crippen LogP contribution in [0.4, 0.5) is 11.4 Å². The average molecular weight is 439 g/mol. The Morgan fingerprint density at radius 1 is 0.935 bits per heavy atom. The fourth-order valence-electron chi connectivity index (χ4n) is 3.01. The third kappa shape index (κ3) is 6.66. The van der Waals surface area contributed by atoms with Crippen LogP contribution in [-0.4, -0.2) is 12.5 Å². The molecule has 6 heteroatoms. The van der Waals surface area contributed by atoms with E-state index in [4.69, 9.17) is 21.1 Å². The highest BCUT2D eigenvalue weighted by atomic mass is 35.5. The van der Waals surface area contributed by atoms with Gasteiger partial charge in [-0.2, -0.15) is 0 Å². The van der Waals surface area contributed by atoms with Crippen LogP contribution in [-0.2, 0) is 17.9 Å². The van der Waals surface area contributed by atoms with Crippen LogP contribution in [0.5, 0.6) is 11.5 Å². The van der Waals surface area contributed by atoms with Gasteiger partial charge in [0.05, 0.1) is 6.61 Å². The molecule has 0 heterocycles. The zero-order chi connectivity index (χ0) is 22.2. The minimum atomic E-state index is -0.0966. The number of carbonyl (C=O) groups excluding carboxylic acids is 1. The molecule has 0 aliphatic heterocycles. The Morgan fingerprint density at radius 3 is 2.23 bits per heavy atom. The fraction of sp³-hybridized carbons (Fsp3) is 0.240. The van der Waals surface area contributed by atoms with Crippen molar-refractivity contribution in [2.24, 2.45) is 0 Å². The number of carbonyl (C=O) groups is 1. The molecule has 0 saturated carbocycles. The molecule has 0 aromatic heterocycles. The molecule has 31 heavy (non-hydrogen) atoms. The Labute approximate surface area is 188 Å². The zero-order valence-corrected chi connectivity index (χ0v) is 18.8. The molecular weight excluding hydrogens is 412 g/mol. The van der Waals surface area contributed by atoms with E-state index in [1.807, 2.05) is 49.4 Å². The number of hydrogen-bond acceptors (Lipinski definition) is 4. The highest BCUT2D eigenvalue weighted by molar-refractivity contribution is 6.31. The van der Waals surface area contributed by atoms with Crippen LogP contribution >= 0.6 is 11.6 Å². The van der Waals surface area contributed by atoms with Gasteiger partial charge in [-0.1, -0.05) is 41.4 Å². The van der Waals surface area contributed by atoms with E-state index in [9.17, 15) is 4.79 Å². The summed E-state index contributed by atoms with van der Waals surface area (Å²) in [4.78, 5) is 11.1. The molecule has 0 aliphatic carbocycles. The molecule has 0 unspecified atom stereocenters. The molecule has 3 aromatic carbocycles. The van der Waals surface area contributed by atoms with E-state index in [0.717, 1.165) is 22.5 Å². The van der Waals surface area contributed by atoms with Crippen molar-refractivity contribution in [2.45, 2.75) is 33.9 Å². The average Bonchev–Trinajstić information content (AvgIpc) is 2.74. The minimum Gasteiger partial charge on any atom is -0.490 e. The number of nitrogens with one attached hydrogen (secondary N) is 2. The summed E-state index contributed by atoms with van der Waals surface area (Å²) in [6.45, 7) is 6.97. The lowest BCUT2D eigenvalue weighted by atomic mass is 10.1. The third-order valence-electron chi connectivity index (χ3n) is 4.62. The summed E-state index contributed by atoms with van der Waals surface area (Å²) in [7, 11) is 0. The van der Waals surface area contributed by atoms with Crippen molar-refractivity contribution in [2.75, 3.05) is 17.2 Å². The standard InChI is InChI=1S/C25H27ClN2O3/c1-4-30-24-13-20(15-27-21-9-11-22(12-10-21)28-18(3)29)23(26)14-25(24)31-16-19-7-5-17(2)6-8-19/h5-14,27H,4,15-16H2,1-3H3,(H,28,29). The normalized spacial score (nSPS) is 10.5. The number of rotatable bonds is 9. The van der Waals surface area contributed by atoms with Gasteiger partial charge in [-0.15, -0.1) is 0 Å². The van der Waals surface area contributed by atoms with Gasteiger partial charge in [0.1, 0.15) is 6.61 Å². The highest BCUT2D eigenvalue weighted by Gasteiger charge is 2.12. The monoisotopic (exact) mass is 438 g/mol. The van der Waals surface area contributed by atoms with Crippen LogP contribution in [0.2, 0.25) is 5.02 Å². The molecule has 162 valence electrons. The van der Waals surface area contributed by atoms with Crippen molar-refractivity contribution in [3.8, 4) is 11.5 Å². The molecule has 0 bridgehead atoms. The first-order valence-electron chi connectivity index (χ1n) is 10.2. The number of halogens is 1. The molecule has 5 nitrogen and oxygen atoms in total. The van der Waals surface area contributed by atoms with Gasteiger partial charge < -0.3 is 20.1 Å². The number of ether oxygens (including phenoxy) is 2. The van der Waals surface area contributed by atoms with Gasteiger partial charge in [0.15, 0.2) is 11.5 Å². The summed E-state index contributed by atoms with van der Waals surface area (Å²) >= 11 is 6.53. The van der Waals surface area contributed by atoms with E-state index in [2.05, 4.69) is 29.7 Å². The summed E-state index contributed by atoms with van der Waals surface area (Å²) < 4.78 is 11.8. The Bertz CT molecular complexity index is 1020. The Balaban J connectivity index is 1.68. The van der Waals surface area contributed by atoms with Crippen LogP contribution in [0, 0.1) is 6.92 Å². The Hall–Kier alpha value is -3.18. The summed E-state index contributed by atoms with van der Waals surface area (Å²) in [5.41, 5.74) is 4.87. The minimum absolute atomic E-state index is 0.0966. The largest absolute Gasteiger partial charge is 0.490 e. The smallest absolute Gasteiger partial charge is 0.221 e. The molecule has 2 N–H and O–H groups in total. The second kappa shape index (κ2) is 10.7. The molecule has 0 aliphatic rings. The summed E-state index contributed by atoms with van der Waals surface area (Å²) in [5.74, 6) is 1.19. The van der Waals surface area contributed by atoms with Gasteiger partial charge in [-0.25, -0.2) is 0 Å². The quantitative estimate of drug-likeness (QED) is 0.417. The van der Waals surface area contributed by atoms with E-state index in [1.54, 1.807) is 6.07 Å². The molecular formula is C25H27ClN2O3. The first kappa shape index (κ1) is 22.5. The van der Waals surface area contributed by atoms with Gasteiger partial charge in [-0.05, 0) is 55.3 Å². The van der Waals surface area contributed by atoms with Crippen molar-refractivity contribution in [3.63, 3.8) is 0 Å². The van der Waals surface area contributed by atoms with Crippen molar-refractivity contribution in [3.05, 3.63) is 82.4 Å². The van der Waals surface area contributed by atoms with E-state index in [0.29, 0.717) is 36.3 Å². The molecule has 3 aromatic rings. The number of anilines is 2. The fourth-order valence-corrected chi connectivity index (χ4v) is 3.23. The third-order valence-corrected chi connectivity index (χ3v) is 4.97. The zero-order valence-electron chi connectivity index (χ0n) is 18.0. The summed E-state index contributed by atoms with van der Waals surface area (Å²) in [6.07, 6.45) is 0. The lowest BCUT2D eigenvalue weighted by molar-refractivity contribution is -0.114. The molecule has 0 spiro atoms. The maximum Gasteiger partial charge on any atom is 0.221 e. The van der Waals surface area contributed by atoms with Crippen molar-refractivity contribution >= 4 is 28.9 Å². The van der Waals surface area contributed by atoms with Crippen LogP contribution in [0.1, 0.15) is 30.5 Å². The van der Waals surface area contributed by atoms with Crippen molar-refractivity contribution in [1.29, 1.82) is 0 Å². The van der Waals surface area contributed by atoms with Crippen LogP contribution in [0.15, 0.2) is 60.7 Å². The number of aryl methyl sites for hydroxylation is 1. The van der Waals surface area contributed by atoms with E-state index < -0.39 is 0 Å². The van der Waals surface area contributed by atoms with Gasteiger partial charge in [-0.3, -0.25) is 4.79 Å². The topological polar surface area (TPSA) is 59.6 Å². The predicted molar refractivity (Wildman–Crippen MR) is 126 cm³/mol. The maximum atomic E-state index is 11.1. The highest BCUT2D eigenvalue weighted by Crippen LogP contribution is 2.34.